The number of Topliss-reactive ketones (excluding diaryl/α,β-unsaturated/α-hetero) is 1. The first-order chi connectivity index (χ1) is 14.1. The van der Waals surface area contributed by atoms with Crippen molar-refractivity contribution in [1.82, 2.24) is 9.78 Å². The van der Waals surface area contributed by atoms with Crippen molar-refractivity contribution >= 4 is 17.2 Å². The number of nitrogens with two attached hydrogens (primary N) is 1. The molecule has 0 radical (unpaired) electrons. The smallest absolute Gasteiger partial charge is 0.196 e. The predicted molar refractivity (Wildman–Crippen MR) is 115 cm³/mol. The number of ketones is 1. The van der Waals surface area contributed by atoms with Crippen LogP contribution >= 0.6 is 0 Å². The summed E-state index contributed by atoms with van der Waals surface area (Å²) in [7, 11) is 1.87. The minimum absolute atomic E-state index is 0.000562. The Kier molecular flexibility index (Phi) is 4.83. The predicted octanol–water partition coefficient (Wildman–Crippen LogP) is 3.81. The number of benzene rings is 2. The summed E-state index contributed by atoms with van der Waals surface area (Å²) in [6, 6.07) is 11.7. The summed E-state index contributed by atoms with van der Waals surface area (Å²) < 4.78 is 1.79. The summed E-state index contributed by atoms with van der Waals surface area (Å²) in [5.74, 6) is 0.000562. The van der Waals surface area contributed by atoms with Crippen molar-refractivity contribution in [2.45, 2.75) is 13.3 Å². The van der Waals surface area contributed by atoms with Crippen LogP contribution in [0.25, 0.3) is 27.2 Å². The normalized spacial score (nSPS) is 13.0. The third-order valence-corrected chi connectivity index (χ3v) is 5.33. The average molecular weight is 383 g/mol. The van der Waals surface area contributed by atoms with Gasteiger partial charge in [0.25, 0.3) is 0 Å². The third kappa shape index (κ3) is 3.16. The summed E-state index contributed by atoms with van der Waals surface area (Å²) >= 11 is 0. The van der Waals surface area contributed by atoms with Crippen LogP contribution in [0.2, 0.25) is 0 Å². The van der Waals surface area contributed by atoms with Gasteiger partial charge in [-0.2, -0.15) is 5.10 Å². The Morgan fingerprint density at radius 2 is 1.93 bits per heavy atom. The maximum absolute atomic E-state index is 12.2. The summed E-state index contributed by atoms with van der Waals surface area (Å²) in [5.41, 5.74) is 13.3. The molecule has 6 heteroatoms. The first kappa shape index (κ1) is 18.8. The zero-order valence-electron chi connectivity index (χ0n) is 16.4. The molecule has 0 fully saturated rings. The molecule has 1 aliphatic heterocycles. The van der Waals surface area contributed by atoms with Crippen LogP contribution in [0, 0.1) is 6.57 Å². The second-order valence-electron chi connectivity index (χ2n) is 7.00. The number of nitrogens with zero attached hydrogens (tertiary/aromatic N) is 4. The highest BCUT2D eigenvalue weighted by Crippen LogP contribution is 2.38. The van der Waals surface area contributed by atoms with Gasteiger partial charge < -0.3 is 5.73 Å². The molecule has 6 nitrogen and oxygen atoms in total. The summed E-state index contributed by atoms with van der Waals surface area (Å²) in [6.07, 6.45) is 2.67. The number of aromatic nitrogens is 2. The molecule has 29 heavy (non-hydrogen) atoms. The van der Waals surface area contributed by atoms with Crippen LogP contribution in [-0.4, -0.2) is 34.4 Å². The van der Waals surface area contributed by atoms with Crippen LogP contribution in [-0.2, 0) is 13.5 Å². The van der Waals surface area contributed by atoms with Crippen molar-refractivity contribution in [3.8, 4) is 22.4 Å². The van der Waals surface area contributed by atoms with Crippen LogP contribution in [0.5, 0.6) is 0 Å². The fourth-order valence-corrected chi connectivity index (χ4v) is 3.76. The molecular weight excluding hydrogens is 362 g/mol. The maximum Gasteiger partial charge on any atom is 0.196 e. The van der Waals surface area contributed by atoms with Crippen LogP contribution in [0.3, 0.4) is 0 Å². The van der Waals surface area contributed by atoms with E-state index in [0.29, 0.717) is 11.3 Å². The second kappa shape index (κ2) is 7.46. The third-order valence-electron chi connectivity index (χ3n) is 5.33. The molecule has 0 unspecified atom stereocenters. The molecule has 0 aliphatic carbocycles. The number of carbonyl (C=O) groups is 1. The quantitative estimate of drug-likeness (QED) is 0.696. The van der Waals surface area contributed by atoms with Gasteiger partial charge in [-0.25, -0.2) is 4.85 Å². The summed E-state index contributed by atoms with van der Waals surface area (Å²) in [5, 5.41) is 4.45. The lowest BCUT2D eigenvalue weighted by Gasteiger charge is -2.17. The van der Waals surface area contributed by atoms with E-state index in [1.165, 1.54) is 0 Å². The number of hydrogen-bond donors (Lipinski definition) is 1. The van der Waals surface area contributed by atoms with E-state index < -0.39 is 0 Å². The molecule has 1 aromatic heterocycles. The van der Waals surface area contributed by atoms with Gasteiger partial charge in [0.2, 0.25) is 0 Å². The Hall–Kier alpha value is -3.56. The van der Waals surface area contributed by atoms with Crippen LogP contribution in [0.4, 0.5) is 5.69 Å². The molecule has 0 amide bonds. The highest BCUT2D eigenvalue weighted by molar-refractivity contribution is 6.16. The van der Waals surface area contributed by atoms with Gasteiger partial charge in [-0.3, -0.25) is 14.5 Å². The highest BCUT2D eigenvalue weighted by Gasteiger charge is 2.22. The van der Waals surface area contributed by atoms with Gasteiger partial charge in [0, 0.05) is 35.8 Å². The topological polar surface area (TPSA) is 77.6 Å². The number of aryl methyl sites for hydroxylation is 2. The van der Waals surface area contributed by atoms with Gasteiger partial charge in [-0.05, 0) is 18.1 Å². The van der Waals surface area contributed by atoms with Crippen LogP contribution < -0.4 is 5.73 Å². The number of rotatable bonds is 4. The molecule has 0 saturated carbocycles. The lowest BCUT2D eigenvalue weighted by molar-refractivity contribution is 0.1000. The van der Waals surface area contributed by atoms with Crippen molar-refractivity contribution in [3.05, 3.63) is 70.7 Å². The Balaban J connectivity index is 1.90. The lowest BCUT2D eigenvalue weighted by Crippen LogP contribution is -2.24. The molecule has 4 rings (SSSR count). The first-order valence-corrected chi connectivity index (χ1v) is 9.51. The Morgan fingerprint density at radius 3 is 2.66 bits per heavy atom. The van der Waals surface area contributed by atoms with Gasteiger partial charge in [-0.15, -0.1) is 0 Å². The molecule has 0 saturated heterocycles. The van der Waals surface area contributed by atoms with E-state index in [0.717, 1.165) is 45.6 Å². The van der Waals surface area contributed by atoms with Crippen LogP contribution in [0.15, 0.2) is 47.6 Å². The maximum atomic E-state index is 12.2. The zero-order valence-corrected chi connectivity index (χ0v) is 16.4. The number of fused-ring (bicyclic) bond motifs is 1. The van der Waals surface area contributed by atoms with Crippen LogP contribution in [0.1, 0.15) is 28.4 Å². The van der Waals surface area contributed by atoms with Crippen molar-refractivity contribution in [2.24, 2.45) is 17.8 Å². The minimum Gasteiger partial charge on any atom is -0.325 e. The molecular formula is C23H21N5O. The number of aliphatic imine (C=N–C) groups is 1. The van der Waals surface area contributed by atoms with E-state index in [1.807, 2.05) is 43.4 Å². The second-order valence-corrected chi connectivity index (χ2v) is 7.00. The number of hydrogen-bond acceptors (Lipinski definition) is 4. The SMILES string of the molecule is [C-]#[N+]c1cc(CC)ccc1-c1c(-c2ccc3c(c2)C(CN)=NCC3=O)cnn1C. The lowest BCUT2D eigenvalue weighted by atomic mass is 9.91. The molecule has 0 spiro atoms. The molecule has 2 N–H and O–H groups in total. The van der Waals surface area contributed by atoms with E-state index in [-0.39, 0.29) is 18.9 Å². The molecule has 0 atom stereocenters. The van der Waals surface area contributed by atoms with Gasteiger partial charge in [0.15, 0.2) is 11.5 Å². The first-order valence-electron chi connectivity index (χ1n) is 9.51. The standard InChI is InChI=1S/C23H21N5O/c1-4-14-5-7-17(20(9-14)25-2)23-19(12-27-28(23)3)15-6-8-16-18(10-15)21(11-24)26-13-22(16)29/h5-10,12H,4,11,13,24H2,1,3H3. The highest BCUT2D eigenvalue weighted by atomic mass is 16.1. The van der Waals surface area contributed by atoms with Gasteiger partial charge in [0.05, 0.1) is 24.2 Å². The zero-order chi connectivity index (χ0) is 20.5. The van der Waals surface area contributed by atoms with Gasteiger partial charge >= 0.3 is 0 Å². The molecule has 1 aliphatic rings. The van der Waals surface area contributed by atoms with Crippen molar-refractivity contribution in [1.29, 1.82) is 0 Å². The van der Waals surface area contributed by atoms with E-state index >= 15 is 0 Å². The molecule has 2 aromatic carbocycles. The number of carbonyl (C=O) groups excluding carboxylic acids is 1. The largest absolute Gasteiger partial charge is 0.325 e. The van der Waals surface area contributed by atoms with Gasteiger partial charge in [-0.1, -0.05) is 42.8 Å². The van der Waals surface area contributed by atoms with E-state index in [9.17, 15) is 4.79 Å². The Morgan fingerprint density at radius 1 is 1.14 bits per heavy atom. The van der Waals surface area contributed by atoms with Gasteiger partial charge in [0.1, 0.15) is 6.54 Å². The molecule has 3 aromatic rings. The monoisotopic (exact) mass is 383 g/mol. The molecule has 0 bridgehead atoms. The summed E-state index contributed by atoms with van der Waals surface area (Å²) in [6.45, 7) is 10.1. The fourth-order valence-electron chi connectivity index (χ4n) is 3.76. The summed E-state index contributed by atoms with van der Waals surface area (Å²) in [4.78, 5) is 20.3. The van der Waals surface area contributed by atoms with E-state index in [2.05, 4.69) is 21.9 Å². The van der Waals surface area contributed by atoms with Crippen molar-refractivity contribution < 1.29 is 4.79 Å². The minimum atomic E-state index is 0.000562. The van der Waals surface area contributed by atoms with Crippen molar-refractivity contribution in [2.75, 3.05) is 13.1 Å². The van der Waals surface area contributed by atoms with E-state index in [1.54, 1.807) is 10.9 Å². The molecule has 2 heterocycles. The fraction of sp³-hybridized carbons (Fsp3) is 0.217. The molecule has 144 valence electrons. The average Bonchev–Trinajstić information content (AvgIpc) is 3.14. The Bertz CT molecular complexity index is 1200. The van der Waals surface area contributed by atoms with E-state index in [4.69, 9.17) is 12.3 Å². The Labute approximate surface area is 169 Å². The van der Waals surface area contributed by atoms with Crippen molar-refractivity contribution in [3.63, 3.8) is 0 Å².